The van der Waals surface area contributed by atoms with Gasteiger partial charge in [0.2, 0.25) is 5.91 Å². The molecular weight excluding hydrogens is 292 g/mol. The van der Waals surface area contributed by atoms with Crippen molar-refractivity contribution in [3.63, 3.8) is 0 Å². The third-order valence-corrected chi connectivity index (χ3v) is 5.36. The van der Waals surface area contributed by atoms with Crippen LogP contribution in [0.4, 0.5) is 0 Å². The molecule has 1 saturated heterocycles. The number of furan rings is 1. The van der Waals surface area contributed by atoms with Crippen molar-refractivity contribution >= 4 is 11.8 Å². The molecule has 126 valence electrons. The summed E-state index contributed by atoms with van der Waals surface area (Å²) < 4.78 is 4.97. The van der Waals surface area contributed by atoms with Crippen molar-refractivity contribution in [2.75, 3.05) is 13.1 Å². The van der Waals surface area contributed by atoms with Gasteiger partial charge < -0.3 is 14.6 Å². The molecular formula is C18H26N2O3. The molecule has 5 heteroatoms. The van der Waals surface area contributed by atoms with Gasteiger partial charge in [-0.25, -0.2) is 0 Å². The lowest BCUT2D eigenvalue weighted by molar-refractivity contribution is -0.127. The van der Waals surface area contributed by atoms with E-state index in [-0.39, 0.29) is 17.7 Å². The maximum Gasteiger partial charge on any atom is 0.257 e. The molecule has 0 radical (unpaired) electrons. The van der Waals surface area contributed by atoms with Gasteiger partial charge in [-0.05, 0) is 37.7 Å². The minimum absolute atomic E-state index is 0.00138. The number of carbonyl (C=O) groups is 2. The average molecular weight is 318 g/mol. The summed E-state index contributed by atoms with van der Waals surface area (Å²) in [7, 11) is 0. The van der Waals surface area contributed by atoms with Gasteiger partial charge in [-0.1, -0.05) is 19.8 Å². The van der Waals surface area contributed by atoms with Crippen LogP contribution in [0.1, 0.15) is 55.8 Å². The molecule has 2 atom stereocenters. The van der Waals surface area contributed by atoms with Gasteiger partial charge in [-0.3, -0.25) is 9.59 Å². The van der Waals surface area contributed by atoms with Gasteiger partial charge in [0.1, 0.15) is 6.26 Å². The van der Waals surface area contributed by atoms with Crippen LogP contribution in [0, 0.1) is 11.8 Å². The van der Waals surface area contributed by atoms with Gasteiger partial charge in [-0.15, -0.1) is 0 Å². The fraction of sp³-hybridized carbons (Fsp3) is 0.667. The topological polar surface area (TPSA) is 62.6 Å². The minimum Gasteiger partial charge on any atom is -0.472 e. The number of hydrogen-bond acceptors (Lipinski definition) is 3. The van der Waals surface area contributed by atoms with Crippen LogP contribution in [0.15, 0.2) is 23.0 Å². The molecule has 2 amide bonds. The van der Waals surface area contributed by atoms with E-state index < -0.39 is 0 Å². The molecule has 0 unspecified atom stereocenters. The lowest BCUT2D eigenvalue weighted by Gasteiger charge is -2.34. The molecule has 1 N–H and O–H groups in total. The van der Waals surface area contributed by atoms with Crippen LogP contribution >= 0.6 is 0 Å². The van der Waals surface area contributed by atoms with E-state index in [9.17, 15) is 9.59 Å². The first-order valence-corrected chi connectivity index (χ1v) is 8.77. The van der Waals surface area contributed by atoms with Crippen LogP contribution in [0.5, 0.6) is 0 Å². The van der Waals surface area contributed by atoms with E-state index in [0.717, 1.165) is 19.3 Å². The lowest BCUT2D eigenvalue weighted by Crippen LogP contribution is -2.47. The number of piperidine rings is 1. The molecule has 0 bridgehead atoms. The van der Waals surface area contributed by atoms with Gasteiger partial charge >= 0.3 is 0 Å². The second-order valence-corrected chi connectivity index (χ2v) is 6.96. The van der Waals surface area contributed by atoms with Gasteiger partial charge in [0, 0.05) is 25.0 Å². The maximum absolute atomic E-state index is 12.5. The third kappa shape index (κ3) is 3.77. The minimum atomic E-state index is -0.00138. The molecule has 1 aromatic rings. The number of rotatable bonds is 3. The summed E-state index contributed by atoms with van der Waals surface area (Å²) in [4.78, 5) is 26.6. The zero-order chi connectivity index (χ0) is 16.2. The van der Waals surface area contributed by atoms with Gasteiger partial charge in [0.25, 0.3) is 5.91 Å². The van der Waals surface area contributed by atoms with Crippen LogP contribution in [0.25, 0.3) is 0 Å². The zero-order valence-corrected chi connectivity index (χ0v) is 13.8. The monoisotopic (exact) mass is 318 g/mol. The van der Waals surface area contributed by atoms with E-state index in [1.807, 2.05) is 4.90 Å². The number of nitrogens with zero attached hydrogens (tertiary/aromatic N) is 1. The number of amides is 2. The number of nitrogens with one attached hydrogen (secondary N) is 1. The van der Waals surface area contributed by atoms with E-state index in [0.29, 0.717) is 30.6 Å². The van der Waals surface area contributed by atoms with Crippen molar-refractivity contribution in [3.8, 4) is 0 Å². The summed E-state index contributed by atoms with van der Waals surface area (Å²) >= 11 is 0. The molecule has 23 heavy (non-hydrogen) atoms. The summed E-state index contributed by atoms with van der Waals surface area (Å²) in [6.07, 6.45) is 9.29. The molecule has 1 aromatic heterocycles. The van der Waals surface area contributed by atoms with E-state index in [4.69, 9.17) is 4.42 Å². The van der Waals surface area contributed by atoms with E-state index in [2.05, 4.69) is 12.2 Å². The van der Waals surface area contributed by atoms with Crippen LogP contribution in [-0.2, 0) is 4.79 Å². The van der Waals surface area contributed by atoms with Crippen LogP contribution in [-0.4, -0.2) is 35.8 Å². The number of carbonyl (C=O) groups excluding carboxylic acids is 2. The first-order chi connectivity index (χ1) is 11.1. The summed E-state index contributed by atoms with van der Waals surface area (Å²) in [5, 5.41) is 3.25. The Bertz CT molecular complexity index is 532. The van der Waals surface area contributed by atoms with Crippen LogP contribution in [0.2, 0.25) is 0 Å². The fourth-order valence-electron chi connectivity index (χ4n) is 3.74. The average Bonchev–Trinajstić information content (AvgIpc) is 3.11. The first-order valence-electron chi connectivity index (χ1n) is 8.77. The molecule has 1 aliphatic carbocycles. The first kappa shape index (κ1) is 16.1. The quantitative estimate of drug-likeness (QED) is 0.932. The predicted molar refractivity (Wildman–Crippen MR) is 86.9 cm³/mol. The Morgan fingerprint density at radius 3 is 2.57 bits per heavy atom. The molecule has 0 spiro atoms. The van der Waals surface area contributed by atoms with Crippen molar-refractivity contribution < 1.29 is 14.0 Å². The Balaban J connectivity index is 1.48. The highest BCUT2D eigenvalue weighted by atomic mass is 16.3. The summed E-state index contributed by atoms with van der Waals surface area (Å²) in [6, 6.07) is 2.02. The van der Waals surface area contributed by atoms with Crippen LogP contribution in [0.3, 0.4) is 0 Å². The number of hydrogen-bond donors (Lipinski definition) is 1. The smallest absolute Gasteiger partial charge is 0.257 e. The Kier molecular flexibility index (Phi) is 5.03. The molecule has 2 fully saturated rings. The normalized spacial score (nSPS) is 26.0. The lowest BCUT2D eigenvalue weighted by atomic mass is 9.85. The third-order valence-electron chi connectivity index (χ3n) is 5.36. The highest BCUT2D eigenvalue weighted by Crippen LogP contribution is 2.25. The Morgan fingerprint density at radius 2 is 1.91 bits per heavy atom. The van der Waals surface area contributed by atoms with Crippen molar-refractivity contribution in [2.45, 2.75) is 51.5 Å². The summed E-state index contributed by atoms with van der Waals surface area (Å²) in [5.74, 6) is 0.797. The van der Waals surface area contributed by atoms with Gasteiger partial charge in [0.15, 0.2) is 0 Å². The van der Waals surface area contributed by atoms with Crippen molar-refractivity contribution in [1.82, 2.24) is 10.2 Å². The highest BCUT2D eigenvalue weighted by molar-refractivity contribution is 5.94. The molecule has 1 aliphatic heterocycles. The van der Waals surface area contributed by atoms with E-state index >= 15 is 0 Å². The molecule has 2 heterocycles. The predicted octanol–water partition coefficient (Wildman–Crippen LogP) is 2.83. The molecule has 1 saturated carbocycles. The Labute approximate surface area is 137 Å². The second-order valence-electron chi connectivity index (χ2n) is 6.96. The zero-order valence-electron chi connectivity index (χ0n) is 13.8. The summed E-state index contributed by atoms with van der Waals surface area (Å²) in [5.41, 5.74) is 0.587. The molecule has 0 aromatic carbocycles. The molecule has 2 aliphatic rings. The van der Waals surface area contributed by atoms with Crippen molar-refractivity contribution in [3.05, 3.63) is 24.2 Å². The van der Waals surface area contributed by atoms with Gasteiger partial charge in [-0.2, -0.15) is 0 Å². The Morgan fingerprint density at radius 1 is 1.17 bits per heavy atom. The van der Waals surface area contributed by atoms with E-state index in [1.165, 1.54) is 31.8 Å². The summed E-state index contributed by atoms with van der Waals surface area (Å²) in [6.45, 7) is 3.51. The maximum atomic E-state index is 12.5. The highest BCUT2D eigenvalue weighted by Gasteiger charge is 2.30. The molecule has 5 nitrogen and oxygen atoms in total. The fourth-order valence-corrected chi connectivity index (χ4v) is 3.74. The SMILES string of the molecule is C[C@@H]1CCCC[C@@H]1NC(=O)C1CCN(C(=O)c2ccoc2)CC1. The standard InChI is InChI=1S/C18H26N2O3/c1-13-4-2-3-5-16(13)19-17(21)14-6-9-20(10-7-14)18(22)15-8-11-23-12-15/h8,11-14,16H,2-7,9-10H2,1H3,(H,19,21)/t13-,16+/m1/s1. The largest absolute Gasteiger partial charge is 0.472 e. The second kappa shape index (κ2) is 7.20. The number of likely N-dealkylation sites (tertiary alicyclic amines) is 1. The van der Waals surface area contributed by atoms with Gasteiger partial charge in [0.05, 0.1) is 11.8 Å². The Hall–Kier alpha value is -1.78. The molecule has 3 rings (SSSR count). The van der Waals surface area contributed by atoms with Crippen molar-refractivity contribution in [1.29, 1.82) is 0 Å². The van der Waals surface area contributed by atoms with Crippen molar-refractivity contribution in [2.24, 2.45) is 11.8 Å². The van der Waals surface area contributed by atoms with E-state index in [1.54, 1.807) is 6.07 Å². The van der Waals surface area contributed by atoms with Crippen LogP contribution < -0.4 is 5.32 Å².